The first-order valence-electron chi connectivity index (χ1n) is 7.81. The lowest BCUT2D eigenvalue weighted by Crippen LogP contribution is -2.08. The van der Waals surface area contributed by atoms with Gasteiger partial charge in [0.2, 0.25) is 0 Å². The molecule has 0 unspecified atom stereocenters. The van der Waals surface area contributed by atoms with Gasteiger partial charge in [-0.05, 0) is 37.6 Å². The molecule has 26 heavy (non-hydrogen) atoms. The summed E-state index contributed by atoms with van der Waals surface area (Å²) in [5.74, 6) is -0.628. The highest BCUT2D eigenvalue weighted by Gasteiger charge is 2.15. The predicted molar refractivity (Wildman–Crippen MR) is 94.2 cm³/mol. The van der Waals surface area contributed by atoms with E-state index in [1.807, 2.05) is 13.0 Å². The lowest BCUT2D eigenvalue weighted by Gasteiger charge is -2.08. The fraction of sp³-hybridized carbons (Fsp3) is 0.158. The largest absolute Gasteiger partial charge is 0.457 e. The highest BCUT2D eigenvalue weighted by molar-refractivity contribution is 5.90. The molecule has 0 fully saturated rings. The van der Waals surface area contributed by atoms with E-state index in [2.05, 4.69) is 0 Å². The standard InChI is InChI=1S/C19H15NO6/c1-11-3-5-15-14(9-18(21)26-17(15)7-11)10-25-19(22)13-4-6-16(20(23)24)12(2)8-13/h3-9H,10H2,1-2H3. The molecule has 7 heteroatoms. The molecule has 1 heterocycles. The van der Waals surface area contributed by atoms with Crippen LogP contribution in [0.25, 0.3) is 11.0 Å². The van der Waals surface area contributed by atoms with Crippen LogP contribution in [0, 0.1) is 24.0 Å². The van der Waals surface area contributed by atoms with Crippen molar-refractivity contribution in [1.29, 1.82) is 0 Å². The van der Waals surface area contributed by atoms with E-state index in [0.29, 0.717) is 22.1 Å². The summed E-state index contributed by atoms with van der Waals surface area (Å²) in [6.07, 6.45) is 0. The number of fused-ring (bicyclic) bond motifs is 1. The van der Waals surface area contributed by atoms with Gasteiger partial charge in [-0.2, -0.15) is 0 Å². The molecule has 0 spiro atoms. The maximum atomic E-state index is 12.2. The molecule has 132 valence electrons. The van der Waals surface area contributed by atoms with Gasteiger partial charge in [0.05, 0.1) is 10.5 Å². The molecule has 3 rings (SSSR count). The molecule has 0 saturated carbocycles. The van der Waals surface area contributed by atoms with Gasteiger partial charge in [-0.15, -0.1) is 0 Å². The summed E-state index contributed by atoms with van der Waals surface area (Å²) in [5.41, 5.74) is 1.87. The van der Waals surface area contributed by atoms with E-state index >= 15 is 0 Å². The maximum Gasteiger partial charge on any atom is 0.338 e. The van der Waals surface area contributed by atoms with Gasteiger partial charge in [-0.3, -0.25) is 10.1 Å². The summed E-state index contributed by atoms with van der Waals surface area (Å²) in [7, 11) is 0. The van der Waals surface area contributed by atoms with Crippen molar-refractivity contribution < 1.29 is 18.9 Å². The Hall–Kier alpha value is -3.48. The average molecular weight is 353 g/mol. The number of carbonyl (C=O) groups is 1. The molecule has 1 aromatic heterocycles. The summed E-state index contributed by atoms with van der Waals surface area (Å²) in [6.45, 7) is 3.32. The van der Waals surface area contributed by atoms with Crippen molar-refractivity contribution in [3.05, 3.63) is 85.3 Å². The number of nitro groups is 1. The summed E-state index contributed by atoms with van der Waals surface area (Å²) < 4.78 is 10.4. The Morgan fingerprint density at radius 3 is 2.62 bits per heavy atom. The van der Waals surface area contributed by atoms with Crippen LogP contribution in [0.2, 0.25) is 0 Å². The Bertz CT molecular complexity index is 1080. The summed E-state index contributed by atoms with van der Waals surface area (Å²) >= 11 is 0. The van der Waals surface area contributed by atoms with Gasteiger partial charge in [-0.1, -0.05) is 12.1 Å². The van der Waals surface area contributed by atoms with E-state index in [9.17, 15) is 19.7 Å². The molecule has 0 aliphatic rings. The van der Waals surface area contributed by atoms with Crippen LogP contribution in [-0.2, 0) is 11.3 Å². The summed E-state index contributed by atoms with van der Waals surface area (Å²) in [4.78, 5) is 34.3. The fourth-order valence-corrected chi connectivity index (χ4v) is 2.67. The van der Waals surface area contributed by atoms with Crippen molar-refractivity contribution in [2.45, 2.75) is 20.5 Å². The number of nitrogens with zero attached hydrogens (tertiary/aromatic N) is 1. The molecule has 3 aromatic rings. The van der Waals surface area contributed by atoms with Gasteiger partial charge >= 0.3 is 11.6 Å². The van der Waals surface area contributed by atoms with Crippen LogP contribution in [0.5, 0.6) is 0 Å². The Morgan fingerprint density at radius 1 is 1.15 bits per heavy atom. The van der Waals surface area contributed by atoms with Crippen molar-refractivity contribution in [2.24, 2.45) is 0 Å². The third-order valence-electron chi connectivity index (χ3n) is 3.97. The SMILES string of the molecule is Cc1ccc2c(COC(=O)c3ccc([N+](=O)[O-])c(C)c3)cc(=O)oc2c1. The third-order valence-corrected chi connectivity index (χ3v) is 3.97. The number of hydrogen-bond donors (Lipinski definition) is 0. The molecule has 0 saturated heterocycles. The molecule has 0 aliphatic heterocycles. The molecular formula is C19H15NO6. The van der Waals surface area contributed by atoms with Crippen LogP contribution in [0.3, 0.4) is 0 Å². The Labute approximate surface area is 148 Å². The first kappa shape index (κ1) is 17.3. The first-order valence-corrected chi connectivity index (χ1v) is 7.81. The summed E-state index contributed by atoms with van der Waals surface area (Å²) in [6, 6.07) is 10.7. The van der Waals surface area contributed by atoms with Crippen LogP contribution in [0.15, 0.2) is 51.7 Å². The molecule has 7 nitrogen and oxygen atoms in total. The lowest BCUT2D eigenvalue weighted by atomic mass is 10.1. The number of carbonyl (C=O) groups excluding carboxylic acids is 1. The predicted octanol–water partition coefficient (Wildman–Crippen LogP) is 3.68. The number of ether oxygens (including phenoxy) is 1. The quantitative estimate of drug-likeness (QED) is 0.307. The zero-order chi connectivity index (χ0) is 18.8. The number of aryl methyl sites for hydroxylation is 2. The molecular weight excluding hydrogens is 338 g/mol. The van der Waals surface area contributed by atoms with E-state index in [0.717, 1.165) is 5.56 Å². The molecule has 0 amide bonds. The van der Waals surface area contributed by atoms with Crippen LogP contribution >= 0.6 is 0 Å². The van der Waals surface area contributed by atoms with Crippen LogP contribution in [0.4, 0.5) is 5.69 Å². The second-order valence-electron chi connectivity index (χ2n) is 5.92. The topological polar surface area (TPSA) is 99.6 Å². The Kier molecular flexibility index (Phi) is 4.53. The van der Waals surface area contributed by atoms with Crippen LogP contribution in [0.1, 0.15) is 27.0 Å². The highest BCUT2D eigenvalue weighted by atomic mass is 16.6. The van der Waals surface area contributed by atoms with Gasteiger partial charge in [0.15, 0.2) is 0 Å². The summed E-state index contributed by atoms with van der Waals surface area (Å²) in [5, 5.41) is 11.5. The normalized spacial score (nSPS) is 10.7. The number of hydrogen-bond acceptors (Lipinski definition) is 6. The second-order valence-corrected chi connectivity index (χ2v) is 5.92. The Balaban J connectivity index is 1.84. The van der Waals surface area contributed by atoms with Gasteiger partial charge in [-0.25, -0.2) is 9.59 Å². The van der Waals surface area contributed by atoms with E-state index in [-0.39, 0.29) is 17.9 Å². The molecule has 0 aliphatic carbocycles. The smallest absolute Gasteiger partial charge is 0.338 e. The number of esters is 1. The van der Waals surface area contributed by atoms with E-state index < -0.39 is 16.5 Å². The van der Waals surface area contributed by atoms with Gasteiger partial charge in [0, 0.05) is 28.6 Å². The first-order chi connectivity index (χ1) is 12.3. The molecule has 0 N–H and O–H groups in total. The van der Waals surface area contributed by atoms with Gasteiger partial charge in [0.1, 0.15) is 12.2 Å². The van der Waals surface area contributed by atoms with Crippen molar-refractivity contribution >= 4 is 22.6 Å². The maximum absolute atomic E-state index is 12.2. The van der Waals surface area contributed by atoms with Gasteiger partial charge < -0.3 is 9.15 Å². The minimum atomic E-state index is -0.628. The zero-order valence-electron chi connectivity index (χ0n) is 14.1. The minimum Gasteiger partial charge on any atom is -0.457 e. The van der Waals surface area contributed by atoms with Crippen molar-refractivity contribution in [3.8, 4) is 0 Å². The minimum absolute atomic E-state index is 0.0661. The number of rotatable bonds is 4. The van der Waals surface area contributed by atoms with Crippen LogP contribution in [-0.4, -0.2) is 10.9 Å². The van der Waals surface area contributed by atoms with E-state index in [4.69, 9.17) is 9.15 Å². The van der Waals surface area contributed by atoms with Crippen molar-refractivity contribution in [2.75, 3.05) is 0 Å². The second kappa shape index (κ2) is 6.79. The van der Waals surface area contributed by atoms with Crippen molar-refractivity contribution in [3.63, 3.8) is 0 Å². The van der Waals surface area contributed by atoms with E-state index in [1.165, 1.54) is 24.3 Å². The molecule has 0 radical (unpaired) electrons. The zero-order valence-corrected chi connectivity index (χ0v) is 14.1. The fourth-order valence-electron chi connectivity index (χ4n) is 2.67. The van der Waals surface area contributed by atoms with Crippen molar-refractivity contribution in [1.82, 2.24) is 0 Å². The average Bonchev–Trinajstić information content (AvgIpc) is 2.58. The number of nitro benzene ring substituents is 1. The highest BCUT2D eigenvalue weighted by Crippen LogP contribution is 2.21. The van der Waals surface area contributed by atoms with Gasteiger partial charge in [0.25, 0.3) is 5.69 Å². The van der Waals surface area contributed by atoms with E-state index in [1.54, 1.807) is 19.1 Å². The molecule has 0 atom stereocenters. The van der Waals surface area contributed by atoms with Crippen LogP contribution < -0.4 is 5.63 Å². The molecule has 0 bridgehead atoms. The third kappa shape index (κ3) is 3.46. The number of benzene rings is 2. The Morgan fingerprint density at radius 2 is 1.92 bits per heavy atom. The molecule has 2 aromatic carbocycles. The monoisotopic (exact) mass is 353 g/mol. The lowest BCUT2D eigenvalue weighted by molar-refractivity contribution is -0.385.